The first-order chi connectivity index (χ1) is 15.5. The number of amides is 1. The van der Waals surface area contributed by atoms with Gasteiger partial charge in [0, 0.05) is 50.0 Å². The molecule has 1 aliphatic rings. The zero-order valence-corrected chi connectivity index (χ0v) is 18.6. The molecule has 9 nitrogen and oxygen atoms in total. The Labute approximate surface area is 186 Å². The van der Waals surface area contributed by atoms with Gasteiger partial charge in [0.1, 0.15) is 5.82 Å². The van der Waals surface area contributed by atoms with E-state index in [9.17, 15) is 9.59 Å². The number of hydrogen-bond donors (Lipinski definition) is 2. The second kappa shape index (κ2) is 9.25. The largest absolute Gasteiger partial charge is 0.478 e. The lowest BCUT2D eigenvalue weighted by Crippen LogP contribution is -2.31. The number of nitrogens with zero attached hydrogens (tertiary/aromatic N) is 4. The number of carbonyl (C=O) groups is 1. The Balaban J connectivity index is 1.63. The number of rotatable bonds is 6. The molecule has 0 radical (unpaired) electrons. The molecule has 3 heterocycles. The molecule has 2 aromatic heterocycles. The van der Waals surface area contributed by atoms with Crippen LogP contribution in [0.15, 0.2) is 35.3 Å². The van der Waals surface area contributed by atoms with E-state index in [1.807, 2.05) is 31.3 Å². The number of nitrogens with one attached hydrogen (secondary N) is 2. The summed E-state index contributed by atoms with van der Waals surface area (Å²) in [7, 11) is 3.21. The lowest BCUT2D eigenvalue weighted by atomic mass is 10.1. The van der Waals surface area contributed by atoms with Gasteiger partial charge in [0.2, 0.25) is 5.95 Å². The van der Waals surface area contributed by atoms with Crippen LogP contribution in [0.5, 0.6) is 5.75 Å². The molecule has 1 aromatic carbocycles. The highest BCUT2D eigenvalue weighted by Gasteiger charge is 2.15. The Kier molecular flexibility index (Phi) is 6.25. The standard InChI is InChI=1S/C23H28N6O3/c1-15-13-25-23(29-9-5-4-6-10-29)27-21(15)26-17-7-8-18-16(11-17)12-19(22(31)28(18)3)32-14-20(30)24-2/h7-8,11-13H,4-6,9-10,14H2,1-3H3,(H,24,30)(H,25,26,27). The van der Waals surface area contributed by atoms with Crippen LogP contribution >= 0.6 is 0 Å². The molecule has 4 rings (SSSR count). The summed E-state index contributed by atoms with van der Waals surface area (Å²) in [6.07, 6.45) is 5.41. The summed E-state index contributed by atoms with van der Waals surface area (Å²) in [5.74, 6) is 1.32. The molecule has 1 aliphatic heterocycles. The van der Waals surface area contributed by atoms with Crippen LogP contribution in [-0.2, 0) is 11.8 Å². The number of pyridine rings is 1. The third kappa shape index (κ3) is 4.51. The number of aromatic nitrogens is 3. The molecule has 0 atom stereocenters. The number of fused-ring (bicyclic) bond motifs is 1. The summed E-state index contributed by atoms with van der Waals surface area (Å²) >= 11 is 0. The third-order valence-electron chi connectivity index (χ3n) is 5.69. The van der Waals surface area contributed by atoms with Crippen LogP contribution in [0.4, 0.5) is 17.5 Å². The zero-order chi connectivity index (χ0) is 22.7. The van der Waals surface area contributed by atoms with E-state index < -0.39 is 0 Å². The lowest BCUT2D eigenvalue weighted by Gasteiger charge is -2.27. The number of carbonyl (C=O) groups excluding carboxylic acids is 1. The minimum Gasteiger partial charge on any atom is -0.478 e. The number of hydrogen-bond acceptors (Lipinski definition) is 7. The highest BCUT2D eigenvalue weighted by Crippen LogP contribution is 2.26. The average Bonchev–Trinajstić information content (AvgIpc) is 2.82. The summed E-state index contributed by atoms with van der Waals surface area (Å²) in [5, 5.41) is 6.68. The molecule has 32 heavy (non-hydrogen) atoms. The van der Waals surface area contributed by atoms with E-state index >= 15 is 0 Å². The second-order valence-electron chi connectivity index (χ2n) is 7.98. The molecule has 0 aliphatic carbocycles. The van der Waals surface area contributed by atoms with Crippen molar-refractivity contribution in [3.8, 4) is 5.75 Å². The van der Waals surface area contributed by atoms with Crippen molar-refractivity contribution in [1.29, 1.82) is 0 Å². The molecular formula is C23H28N6O3. The van der Waals surface area contributed by atoms with Crippen molar-refractivity contribution in [3.63, 3.8) is 0 Å². The normalized spacial score (nSPS) is 13.8. The van der Waals surface area contributed by atoms with Crippen molar-refractivity contribution in [1.82, 2.24) is 19.9 Å². The molecular weight excluding hydrogens is 408 g/mol. The van der Waals surface area contributed by atoms with Crippen LogP contribution in [0.2, 0.25) is 0 Å². The van der Waals surface area contributed by atoms with Gasteiger partial charge in [-0.15, -0.1) is 0 Å². The molecule has 168 valence electrons. The molecule has 0 unspecified atom stereocenters. The predicted octanol–water partition coefficient (Wildman–Crippen LogP) is 2.50. The molecule has 0 saturated carbocycles. The second-order valence-corrected chi connectivity index (χ2v) is 7.98. The van der Waals surface area contributed by atoms with Crippen molar-refractivity contribution in [2.75, 3.05) is 37.0 Å². The van der Waals surface area contributed by atoms with Crippen molar-refractivity contribution in [2.45, 2.75) is 26.2 Å². The topological polar surface area (TPSA) is 101 Å². The number of piperidine rings is 1. The molecule has 3 aromatic rings. The predicted molar refractivity (Wildman–Crippen MR) is 125 cm³/mol. The van der Waals surface area contributed by atoms with Gasteiger partial charge in [-0.05, 0) is 50.5 Å². The van der Waals surface area contributed by atoms with Gasteiger partial charge in [-0.1, -0.05) is 0 Å². The van der Waals surface area contributed by atoms with Crippen LogP contribution < -0.4 is 25.8 Å². The molecule has 0 bridgehead atoms. The van der Waals surface area contributed by atoms with E-state index in [2.05, 4.69) is 20.5 Å². The van der Waals surface area contributed by atoms with Gasteiger partial charge in [0.15, 0.2) is 12.4 Å². The van der Waals surface area contributed by atoms with E-state index in [1.54, 1.807) is 13.1 Å². The fraction of sp³-hybridized carbons (Fsp3) is 0.391. The Morgan fingerprint density at radius 3 is 2.72 bits per heavy atom. The highest BCUT2D eigenvalue weighted by atomic mass is 16.5. The van der Waals surface area contributed by atoms with Crippen LogP contribution in [-0.4, -0.2) is 47.2 Å². The maximum atomic E-state index is 12.6. The van der Waals surface area contributed by atoms with Gasteiger partial charge in [-0.3, -0.25) is 9.59 Å². The SMILES string of the molecule is CNC(=O)COc1cc2cc(Nc3nc(N4CCCCC4)ncc3C)ccc2n(C)c1=O. The first-order valence-electron chi connectivity index (χ1n) is 10.8. The highest BCUT2D eigenvalue weighted by molar-refractivity contribution is 5.85. The van der Waals surface area contributed by atoms with Crippen molar-refractivity contribution in [2.24, 2.45) is 7.05 Å². The van der Waals surface area contributed by atoms with E-state index in [4.69, 9.17) is 9.72 Å². The summed E-state index contributed by atoms with van der Waals surface area (Å²) < 4.78 is 6.96. The fourth-order valence-electron chi connectivity index (χ4n) is 3.79. The summed E-state index contributed by atoms with van der Waals surface area (Å²) in [5.41, 5.74) is 2.25. The maximum absolute atomic E-state index is 12.6. The Hall–Kier alpha value is -3.62. The van der Waals surface area contributed by atoms with Gasteiger partial charge in [-0.2, -0.15) is 4.98 Å². The van der Waals surface area contributed by atoms with E-state index in [-0.39, 0.29) is 23.8 Å². The van der Waals surface area contributed by atoms with Gasteiger partial charge in [-0.25, -0.2) is 4.98 Å². The van der Waals surface area contributed by atoms with Gasteiger partial charge in [0.25, 0.3) is 11.5 Å². The minimum atomic E-state index is -0.300. The van der Waals surface area contributed by atoms with Crippen molar-refractivity contribution < 1.29 is 9.53 Å². The summed E-state index contributed by atoms with van der Waals surface area (Å²) in [4.78, 5) is 35.6. The Morgan fingerprint density at radius 1 is 1.19 bits per heavy atom. The third-order valence-corrected chi connectivity index (χ3v) is 5.69. The first kappa shape index (κ1) is 21.6. The molecule has 1 amide bonds. The molecule has 1 fully saturated rings. The van der Waals surface area contributed by atoms with Crippen molar-refractivity contribution in [3.05, 3.63) is 46.4 Å². The van der Waals surface area contributed by atoms with Crippen LogP contribution in [0.3, 0.4) is 0 Å². The smallest absolute Gasteiger partial charge is 0.293 e. The number of aryl methyl sites for hydroxylation is 2. The Bertz CT molecular complexity index is 1200. The van der Waals surface area contributed by atoms with Gasteiger partial charge < -0.3 is 24.8 Å². The van der Waals surface area contributed by atoms with Crippen LogP contribution in [0, 0.1) is 6.92 Å². The van der Waals surface area contributed by atoms with Crippen LogP contribution in [0.1, 0.15) is 24.8 Å². The average molecular weight is 437 g/mol. The summed E-state index contributed by atoms with van der Waals surface area (Å²) in [6, 6.07) is 7.39. The van der Waals surface area contributed by atoms with E-state index in [1.165, 1.54) is 18.0 Å². The minimum absolute atomic E-state index is 0.131. The maximum Gasteiger partial charge on any atom is 0.293 e. The lowest BCUT2D eigenvalue weighted by molar-refractivity contribution is -0.122. The number of benzene rings is 1. The molecule has 9 heteroatoms. The number of likely N-dealkylation sites (N-methyl/N-ethyl adjacent to an activating group) is 1. The number of ether oxygens (including phenoxy) is 1. The van der Waals surface area contributed by atoms with E-state index in [0.717, 1.165) is 59.9 Å². The fourth-order valence-corrected chi connectivity index (χ4v) is 3.79. The Morgan fingerprint density at radius 2 is 1.97 bits per heavy atom. The molecule has 2 N–H and O–H groups in total. The van der Waals surface area contributed by atoms with Gasteiger partial charge in [0.05, 0.1) is 5.52 Å². The first-order valence-corrected chi connectivity index (χ1v) is 10.8. The number of anilines is 3. The van der Waals surface area contributed by atoms with Crippen LogP contribution in [0.25, 0.3) is 10.9 Å². The summed E-state index contributed by atoms with van der Waals surface area (Å²) in [6.45, 7) is 3.71. The quantitative estimate of drug-likeness (QED) is 0.612. The monoisotopic (exact) mass is 436 g/mol. The van der Waals surface area contributed by atoms with Crippen molar-refractivity contribution >= 4 is 34.3 Å². The van der Waals surface area contributed by atoms with Gasteiger partial charge >= 0.3 is 0 Å². The van der Waals surface area contributed by atoms with E-state index in [0.29, 0.717) is 0 Å². The molecule has 0 spiro atoms. The molecule has 1 saturated heterocycles. The zero-order valence-electron chi connectivity index (χ0n) is 18.6.